The predicted octanol–water partition coefficient (Wildman–Crippen LogP) is 6.13. The molecule has 8 nitrogen and oxygen atoms in total. The van der Waals surface area contributed by atoms with Crippen LogP contribution in [0.15, 0.2) is 109 Å². The molecule has 2 saturated carbocycles. The number of nitrogens with one attached hydrogen (secondary N) is 2. The number of anilines is 6. The van der Waals surface area contributed by atoms with Gasteiger partial charge in [0.05, 0.1) is 23.2 Å². The van der Waals surface area contributed by atoms with Crippen LogP contribution in [0.4, 0.5) is 34.1 Å². The van der Waals surface area contributed by atoms with Gasteiger partial charge in [-0.2, -0.15) is 0 Å². The van der Waals surface area contributed by atoms with E-state index in [1.165, 1.54) is 9.80 Å². The summed E-state index contributed by atoms with van der Waals surface area (Å²) in [5.74, 6) is -3.03. The molecule has 2 aliphatic carbocycles. The number of para-hydroxylation sites is 2. The number of hydrogen-bond acceptors (Lipinski definition) is 6. The van der Waals surface area contributed by atoms with Gasteiger partial charge in [0.15, 0.2) is 0 Å². The second kappa shape index (κ2) is 10.2. The Morgan fingerprint density at radius 1 is 0.455 bits per heavy atom. The van der Waals surface area contributed by atoms with E-state index in [4.69, 9.17) is 0 Å². The van der Waals surface area contributed by atoms with E-state index in [-0.39, 0.29) is 47.8 Å². The minimum atomic E-state index is -0.535. The van der Waals surface area contributed by atoms with Gasteiger partial charge >= 0.3 is 0 Å². The Kier molecular flexibility index (Phi) is 6.11. The number of amides is 4. The van der Waals surface area contributed by atoms with Gasteiger partial charge in [-0.15, -0.1) is 0 Å². The molecule has 4 amide bonds. The van der Waals surface area contributed by atoms with E-state index in [9.17, 15) is 19.2 Å². The number of fused-ring (bicyclic) bond motifs is 8. The highest BCUT2D eigenvalue weighted by Gasteiger charge is 2.70. The summed E-state index contributed by atoms with van der Waals surface area (Å²) in [5.41, 5.74) is 4.62. The number of imide groups is 2. The molecule has 8 rings (SSSR count). The first-order valence-electron chi connectivity index (χ1n) is 15.1. The smallest absolute Gasteiger partial charge is 0.237 e. The number of piperidine rings is 1. The molecular formula is C36H30N4O4. The minimum Gasteiger partial charge on any atom is -0.356 e. The monoisotopic (exact) mass is 582 g/mol. The van der Waals surface area contributed by atoms with Crippen molar-refractivity contribution in [2.45, 2.75) is 12.8 Å². The van der Waals surface area contributed by atoms with E-state index in [1.807, 2.05) is 84.9 Å². The van der Waals surface area contributed by atoms with Gasteiger partial charge < -0.3 is 10.6 Å². The van der Waals surface area contributed by atoms with Crippen LogP contribution in [0.3, 0.4) is 0 Å². The minimum absolute atomic E-state index is 0.150. The molecule has 2 heterocycles. The molecule has 2 saturated heterocycles. The van der Waals surface area contributed by atoms with Crippen LogP contribution < -0.4 is 20.4 Å². The Bertz CT molecular complexity index is 1690. The average molecular weight is 583 g/mol. The van der Waals surface area contributed by atoms with Gasteiger partial charge in [-0.05, 0) is 97.0 Å². The Morgan fingerprint density at radius 3 is 1.41 bits per heavy atom. The molecule has 4 aromatic rings. The van der Waals surface area contributed by atoms with Crippen LogP contribution in [0.1, 0.15) is 12.8 Å². The van der Waals surface area contributed by atoms with E-state index in [0.29, 0.717) is 17.8 Å². The molecule has 2 aliphatic heterocycles. The molecule has 0 radical (unpaired) electrons. The fourth-order valence-corrected chi connectivity index (χ4v) is 8.11. The van der Waals surface area contributed by atoms with Gasteiger partial charge in [-0.25, -0.2) is 0 Å². The topological polar surface area (TPSA) is 98.8 Å². The van der Waals surface area contributed by atoms with Gasteiger partial charge in [-0.3, -0.25) is 29.0 Å². The zero-order valence-electron chi connectivity index (χ0n) is 23.8. The maximum Gasteiger partial charge on any atom is 0.237 e. The third kappa shape index (κ3) is 4.12. The molecule has 2 bridgehead atoms. The standard InChI is InChI=1S/C36H30N4O4/c41-30-20-28-27-19-29(31(28)34(42)39(30)25-15-11-23(12-16-25)37-21-7-3-1-4-8-21)33-32(27)35(43)40(36(33)44)26-17-13-24(14-18-26)38-22-9-5-2-6-10-22/h1-18,27-29,31-33,37-38H,19-20H2. The number of rotatable bonds is 6. The number of carbonyl (C=O) groups is 4. The van der Waals surface area contributed by atoms with Crippen LogP contribution in [0, 0.1) is 35.5 Å². The van der Waals surface area contributed by atoms with Gasteiger partial charge in [0.25, 0.3) is 0 Å². The van der Waals surface area contributed by atoms with Gasteiger partial charge in [0.1, 0.15) is 0 Å². The van der Waals surface area contributed by atoms with Gasteiger partial charge in [0.2, 0.25) is 23.6 Å². The van der Waals surface area contributed by atoms with Crippen LogP contribution in [-0.4, -0.2) is 23.6 Å². The molecule has 6 atom stereocenters. The summed E-state index contributed by atoms with van der Waals surface area (Å²) in [6.45, 7) is 0. The van der Waals surface area contributed by atoms with Crippen LogP contribution in [0.5, 0.6) is 0 Å². The summed E-state index contributed by atoms with van der Waals surface area (Å²) in [6.07, 6.45) is 0.828. The first-order valence-corrected chi connectivity index (χ1v) is 15.1. The lowest BCUT2D eigenvalue weighted by molar-refractivity contribution is -0.140. The molecule has 4 aliphatic rings. The molecular weight excluding hydrogens is 552 g/mol. The van der Waals surface area contributed by atoms with Crippen molar-refractivity contribution in [3.63, 3.8) is 0 Å². The molecule has 6 unspecified atom stereocenters. The lowest BCUT2D eigenvalue weighted by Crippen LogP contribution is -2.54. The van der Waals surface area contributed by atoms with Crippen molar-refractivity contribution >= 4 is 57.8 Å². The Labute approximate surface area is 254 Å². The van der Waals surface area contributed by atoms with Crippen molar-refractivity contribution in [1.29, 1.82) is 0 Å². The van der Waals surface area contributed by atoms with E-state index >= 15 is 0 Å². The average Bonchev–Trinajstić information content (AvgIpc) is 3.68. The van der Waals surface area contributed by atoms with Crippen molar-refractivity contribution < 1.29 is 19.2 Å². The summed E-state index contributed by atoms with van der Waals surface area (Å²) in [7, 11) is 0. The second-order valence-electron chi connectivity index (χ2n) is 12.2. The molecule has 218 valence electrons. The Morgan fingerprint density at radius 2 is 0.886 bits per heavy atom. The third-order valence-corrected chi connectivity index (χ3v) is 9.88. The fraction of sp³-hybridized carbons (Fsp3) is 0.222. The molecule has 0 aromatic heterocycles. The Balaban J connectivity index is 1.01. The molecule has 4 fully saturated rings. The third-order valence-electron chi connectivity index (χ3n) is 9.88. The first kappa shape index (κ1) is 26.4. The maximum atomic E-state index is 14.0. The predicted molar refractivity (Wildman–Crippen MR) is 167 cm³/mol. The van der Waals surface area contributed by atoms with Crippen LogP contribution in [-0.2, 0) is 19.2 Å². The number of benzene rings is 4. The maximum absolute atomic E-state index is 14.0. The van der Waals surface area contributed by atoms with E-state index in [2.05, 4.69) is 10.6 Å². The fourth-order valence-electron chi connectivity index (χ4n) is 8.11. The molecule has 8 heteroatoms. The highest BCUT2D eigenvalue weighted by molar-refractivity contribution is 6.24. The van der Waals surface area contributed by atoms with Crippen molar-refractivity contribution in [3.8, 4) is 0 Å². The quantitative estimate of drug-likeness (QED) is 0.266. The Hall–Kier alpha value is -5.24. The second-order valence-corrected chi connectivity index (χ2v) is 12.2. The van der Waals surface area contributed by atoms with Crippen molar-refractivity contribution in [2.75, 3.05) is 20.4 Å². The van der Waals surface area contributed by atoms with Gasteiger partial charge in [0, 0.05) is 35.1 Å². The summed E-state index contributed by atoms with van der Waals surface area (Å²) >= 11 is 0. The van der Waals surface area contributed by atoms with Crippen LogP contribution in [0.25, 0.3) is 0 Å². The van der Waals surface area contributed by atoms with E-state index < -0.39 is 17.8 Å². The van der Waals surface area contributed by atoms with E-state index in [1.54, 1.807) is 24.3 Å². The normalized spacial score (nSPS) is 27.0. The SMILES string of the molecule is O=C1CC2C3CC(C2C(=O)N1c1ccc(Nc2ccccc2)cc1)C1C(=O)N(c2ccc(Nc4ccccc4)cc2)C(=O)C31. The van der Waals surface area contributed by atoms with Crippen LogP contribution >= 0.6 is 0 Å². The summed E-state index contributed by atoms with van der Waals surface area (Å²) in [6, 6.07) is 34.0. The molecule has 0 spiro atoms. The number of carbonyl (C=O) groups excluding carboxylic acids is 4. The first-order chi connectivity index (χ1) is 21.5. The number of nitrogens with zero attached hydrogens (tertiary/aromatic N) is 2. The lowest BCUT2D eigenvalue weighted by Gasteiger charge is -2.41. The molecule has 2 N–H and O–H groups in total. The lowest BCUT2D eigenvalue weighted by atomic mass is 9.66. The highest BCUT2D eigenvalue weighted by atomic mass is 16.2. The van der Waals surface area contributed by atoms with Crippen LogP contribution in [0.2, 0.25) is 0 Å². The summed E-state index contributed by atoms with van der Waals surface area (Å²) < 4.78 is 0. The highest BCUT2D eigenvalue weighted by Crippen LogP contribution is 2.64. The largest absolute Gasteiger partial charge is 0.356 e. The number of hydrogen-bond donors (Lipinski definition) is 2. The van der Waals surface area contributed by atoms with E-state index in [0.717, 1.165) is 22.7 Å². The zero-order chi connectivity index (χ0) is 29.9. The molecule has 4 aromatic carbocycles. The van der Waals surface area contributed by atoms with Gasteiger partial charge in [-0.1, -0.05) is 36.4 Å². The summed E-state index contributed by atoms with van der Waals surface area (Å²) in [4.78, 5) is 57.6. The van der Waals surface area contributed by atoms with Crippen molar-refractivity contribution in [1.82, 2.24) is 0 Å². The molecule has 44 heavy (non-hydrogen) atoms. The van der Waals surface area contributed by atoms with Crippen molar-refractivity contribution in [2.24, 2.45) is 35.5 Å². The summed E-state index contributed by atoms with van der Waals surface area (Å²) in [5, 5.41) is 6.63. The zero-order valence-corrected chi connectivity index (χ0v) is 23.8. The van der Waals surface area contributed by atoms with Crippen molar-refractivity contribution in [3.05, 3.63) is 109 Å².